The minimum absolute atomic E-state index is 0.674. The molecule has 0 radical (unpaired) electrons. The fourth-order valence-electron chi connectivity index (χ4n) is 5.19. The summed E-state index contributed by atoms with van der Waals surface area (Å²) >= 11 is 6.15. The largest absolute Gasteiger partial charge is 0.228 e. The van der Waals surface area contributed by atoms with Crippen molar-refractivity contribution in [2.45, 2.75) is 0 Å². The summed E-state index contributed by atoms with van der Waals surface area (Å²) in [5.41, 5.74) is 7.19. The number of hydrogen-bond donors (Lipinski definition) is 0. The molecule has 7 rings (SSSR count). The molecule has 0 fully saturated rings. The molecule has 0 saturated carbocycles. The summed E-state index contributed by atoms with van der Waals surface area (Å²) in [6.45, 7) is 0. The van der Waals surface area contributed by atoms with Gasteiger partial charge in [-0.1, -0.05) is 115 Å². The lowest BCUT2D eigenvalue weighted by atomic mass is 9.93. The van der Waals surface area contributed by atoms with Crippen LogP contribution >= 0.6 is 11.6 Å². The third-order valence-electron chi connectivity index (χ3n) is 7.16. The molecule has 0 spiro atoms. The van der Waals surface area contributed by atoms with E-state index in [9.17, 15) is 0 Å². The highest BCUT2D eigenvalue weighted by Crippen LogP contribution is 2.36. The Kier molecular flexibility index (Phi) is 5.88. The van der Waals surface area contributed by atoms with E-state index in [0.717, 1.165) is 28.1 Å². The summed E-state index contributed by atoms with van der Waals surface area (Å²) in [7, 11) is 0. The van der Waals surface area contributed by atoms with Crippen LogP contribution in [0.1, 0.15) is 0 Å². The molecular weight excluding hydrogens is 496 g/mol. The summed E-state index contributed by atoms with van der Waals surface area (Å²) in [6.07, 6.45) is 0. The van der Waals surface area contributed by atoms with Crippen molar-refractivity contribution in [3.8, 4) is 45.0 Å². The highest BCUT2D eigenvalue weighted by molar-refractivity contribution is 6.30. The second-order valence-electron chi connectivity index (χ2n) is 9.60. The predicted octanol–water partition coefficient (Wildman–Crippen LogP) is 10.1. The SMILES string of the molecule is Clc1ccc(-c2nc(-c3ccccc3)cc(-c3ccc(-c4cc5ccccc5c5ccccc45)cc3)n2)cc1. The Morgan fingerprint density at radius 3 is 1.67 bits per heavy atom. The zero-order valence-corrected chi connectivity index (χ0v) is 21.8. The molecule has 0 aliphatic carbocycles. The number of nitrogens with zero attached hydrogens (tertiary/aromatic N) is 2. The van der Waals surface area contributed by atoms with Crippen LogP contribution in [0, 0.1) is 0 Å². The van der Waals surface area contributed by atoms with Gasteiger partial charge in [-0.3, -0.25) is 0 Å². The van der Waals surface area contributed by atoms with E-state index >= 15 is 0 Å². The van der Waals surface area contributed by atoms with Gasteiger partial charge < -0.3 is 0 Å². The molecule has 0 aliphatic heterocycles. The second kappa shape index (κ2) is 9.83. The van der Waals surface area contributed by atoms with Crippen LogP contribution in [0.4, 0.5) is 0 Å². The second-order valence-corrected chi connectivity index (χ2v) is 10.0. The van der Waals surface area contributed by atoms with Crippen molar-refractivity contribution in [1.29, 1.82) is 0 Å². The quantitative estimate of drug-likeness (QED) is 0.216. The standard InChI is InChI=1S/C36H23ClN2/c37-29-20-18-27(19-21-29)36-38-34(25-8-2-1-3-9-25)23-35(39-36)26-16-14-24(15-17-26)33-22-28-10-4-5-11-30(28)31-12-6-7-13-32(31)33/h1-23H. The first-order valence-corrected chi connectivity index (χ1v) is 13.3. The lowest BCUT2D eigenvalue weighted by Crippen LogP contribution is -1.96. The highest BCUT2D eigenvalue weighted by Gasteiger charge is 2.12. The fraction of sp³-hybridized carbons (Fsp3) is 0. The van der Waals surface area contributed by atoms with E-state index in [-0.39, 0.29) is 0 Å². The lowest BCUT2D eigenvalue weighted by Gasteiger charge is -2.12. The Hall–Kier alpha value is -4.79. The number of fused-ring (bicyclic) bond motifs is 3. The monoisotopic (exact) mass is 518 g/mol. The first kappa shape index (κ1) is 23.3. The Bertz CT molecular complexity index is 1940. The van der Waals surface area contributed by atoms with Gasteiger partial charge in [-0.05, 0) is 69.1 Å². The van der Waals surface area contributed by atoms with E-state index in [0.29, 0.717) is 10.8 Å². The molecular formula is C36H23ClN2. The Morgan fingerprint density at radius 2 is 0.949 bits per heavy atom. The molecule has 3 heteroatoms. The van der Waals surface area contributed by atoms with Crippen molar-refractivity contribution in [3.63, 3.8) is 0 Å². The van der Waals surface area contributed by atoms with Crippen LogP contribution in [0.15, 0.2) is 140 Å². The molecule has 39 heavy (non-hydrogen) atoms. The first-order valence-electron chi connectivity index (χ1n) is 12.9. The van der Waals surface area contributed by atoms with Crippen LogP contribution in [-0.4, -0.2) is 9.97 Å². The van der Waals surface area contributed by atoms with E-state index in [1.54, 1.807) is 0 Å². The summed E-state index contributed by atoms with van der Waals surface area (Å²) < 4.78 is 0. The van der Waals surface area contributed by atoms with Gasteiger partial charge in [-0.2, -0.15) is 0 Å². The number of halogens is 1. The minimum atomic E-state index is 0.674. The average Bonchev–Trinajstić information content (AvgIpc) is 3.01. The van der Waals surface area contributed by atoms with Crippen molar-refractivity contribution in [3.05, 3.63) is 145 Å². The van der Waals surface area contributed by atoms with Crippen LogP contribution in [0.25, 0.3) is 66.6 Å². The molecule has 1 aromatic heterocycles. The molecule has 6 aromatic carbocycles. The predicted molar refractivity (Wildman–Crippen MR) is 164 cm³/mol. The van der Waals surface area contributed by atoms with Crippen molar-refractivity contribution in [2.75, 3.05) is 0 Å². The lowest BCUT2D eigenvalue weighted by molar-refractivity contribution is 1.18. The van der Waals surface area contributed by atoms with Gasteiger partial charge in [0.2, 0.25) is 0 Å². The maximum Gasteiger partial charge on any atom is 0.160 e. The van der Waals surface area contributed by atoms with E-state index in [4.69, 9.17) is 21.6 Å². The normalized spacial score (nSPS) is 11.2. The van der Waals surface area contributed by atoms with Crippen molar-refractivity contribution in [1.82, 2.24) is 9.97 Å². The molecule has 1 heterocycles. The van der Waals surface area contributed by atoms with E-state index in [2.05, 4.69) is 97.1 Å². The Labute approximate surface area is 232 Å². The van der Waals surface area contributed by atoms with E-state index in [1.165, 1.54) is 32.7 Å². The fourth-order valence-corrected chi connectivity index (χ4v) is 5.32. The van der Waals surface area contributed by atoms with E-state index in [1.807, 2.05) is 42.5 Å². The van der Waals surface area contributed by atoms with Crippen LogP contribution in [0.3, 0.4) is 0 Å². The zero-order chi connectivity index (χ0) is 26.2. The molecule has 0 amide bonds. The summed E-state index contributed by atoms with van der Waals surface area (Å²) in [4.78, 5) is 9.87. The summed E-state index contributed by atoms with van der Waals surface area (Å²) in [5, 5.41) is 5.73. The topological polar surface area (TPSA) is 25.8 Å². The molecule has 184 valence electrons. The Morgan fingerprint density at radius 1 is 0.410 bits per heavy atom. The number of rotatable bonds is 4. The smallest absolute Gasteiger partial charge is 0.160 e. The number of hydrogen-bond acceptors (Lipinski definition) is 2. The molecule has 0 N–H and O–H groups in total. The number of aromatic nitrogens is 2. The zero-order valence-electron chi connectivity index (χ0n) is 21.1. The van der Waals surface area contributed by atoms with Crippen LogP contribution in [0.2, 0.25) is 5.02 Å². The van der Waals surface area contributed by atoms with Gasteiger partial charge in [-0.25, -0.2) is 9.97 Å². The molecule has 0 unspecified atom stereocenters. The van der Waals surface area contributed by atoms with Crippen LogP contribution in [-0.2, 0) is 0 Å². The third-order valence-corrected chi connectivity index (χ3v) is 7.41. The van der Waals surface area contributed by atoms with Crippen LogP contribution in [0.5, 0.6) is 0 Å². The molecule has 2 nitrogen and oxygen atoms in total. The highest BCUT2D eigenvalue weighted by atomic mass is 35.5. The van der Waals surface area contributed by atoms with Gasteiger partial charge in [0.05, 0.1) is 11.4 Å². The molecule has 7 aromatic rings. The number of benzene rings is 6. The molecule has 0 bridgehead atoms. The summed E-state index contributed by atoms with van der Waals surface area (Å²) in [6, 6.07) is 48.2. The minimum Gasteiger partial charge on any atom is -0.228 e. The van der Waals surface area contributed by atoms with Gasteiger partial charge in [0, 0.05) is 21.7 Å². The van der Waals surface area contributed by atoms with Gasteiger partial charge in [-0.15, -0.1) is 0 Å². The third kappa shape index (κ3) is 4.46. The van der Waals surface area contributed by atoms with Crippen molar-refractivity contribution >= 4 is 33.1 Å². The van der Waals surface area contributed by atoms with Gasteiger partial charge in [0.15, 0.2) is 5.82 Å². The van der Waals surface area contributed by atoms with Gasteiger partial charge in [0.1, 0.15) is 0 Å². The first-order chi connectivity index (χ1) is 19.2. The van der Waals surface area contributed by atoms with Crippen LogP contribution < -0.4 is 0 Å². The molecule has 0 saturated heterocycles. The summed E-state index contributed by atoms with van der Waals surface area (Å²) in [5.74, 6) is 0.674. The maximum atomic E-state index is 6.15. The molecule has 0 atom stereocenters. The Balaban J connectivity index is 1.35. The van der Waals surface area contributed by atoms with Crippen molar-refractivity contribution < 1.29 is 0 Å². The molecule has 0 aliphatic rings. The van der Waals surface area contributed by atoms with Gasteiger partial charge in [0.25, 0.3) is 0 Å². The van der Waals surface area contributed by atoms with Crippen molar-refractivity contribution in [2.24, 2.45) is 0 Å². The average molecular weight is 519 g/mol. The van der Waals surface area contributed by atoms with Gasteiger partial charge >= 0.3 is 0 Å². The van der Waals surface area contributed by atoms with E-state index < -0.39 is 0 Å². The maximum absolute atomic E-state index is 6.15.